The van der Waals surface area contributed by atoms with E-state index in [1.165, 1.54) is 24.4 Å². The SMILES string of the molecule is CCOC(=O)Cc1cccc2c1OCC(c1cnc(-c3cc(Oc4c(F)cc5[nH]ccc5c4F)ccc3F)[nH]1)C2. The van der Waals surface area contributed by atoms with E-state index in [0.717, 1.165) is 29.0 Å². The first kappa shape index (κ1) is 25.5. The number of benzene rings is 3. The largest absolute Gasteiger partial charge is 0.492 e. The Morgan fingerprint density at radius 2 is 2.00 bits per heavy atom. The smallest absolute Gasteiger partial charge is 0.310 e. The van der Waals surface area contributed by atoms with Crippen molar-refractivity contribution in [3.05, 3.63) is 95.2 Å². The second-order valence-electron chi connectivity index (χ2n) is 9.47. The third-order valence-corrected chi connectivity index (χ3v) is 6.86. The average molecular weight is 548 g/mol. The third kappa shape index (κ3) is 4.76. The fraction of sp³-hybridized carbons (Fsp3) is 0.200. The van der Waals surface area contributed by atoms with Gasteiger partial charge in [-0.15, -0.1) is 0 Å². The molecule has 7 nitrogen and oxygen atoms in total. The molecule has 3 heterocycles. The van der Waals surface area contributed by atoms with Gasteiger partial charge in [-0.2, -0.15) is 0 Å². The summed E-state index contributed by atoms with van der Waals surface area (Å²) in [6, 6.07) is 12.1. The van der Waals surface area contributed by atoms with Crippen molar-refractivity contribution in [2.24, 2.45) is 0 Å². The molecule has 2 N–H and O–H groups in total. The molecule has 1 unspecified atom stereocenters. The number of carbonyl (C=O) groups excluding carboxylic acids is 1. The van der Waals surface area contributed by atoms with Gasteiger partial charge in [0.1, 0.15) is 23.1 Å². The lowest BCUT2D eigenvalue weighted by atomic mass is 9.92. The summed E-state index contributed by atoms with van der Waals surface area (Å²) in [4.78, 5) is 22.2. The van der Waals surface area contributed by atoms with Crippen LogP contribution < -0.4 is 9.47 Å². The average Bonchev–Trinajstić information content (AvgIpc) is 3.62. The van der Waals surface area contributed by atoms with Gasteiger partial charge in [-0.1, -0.05) is 18.2 Å². The molecule has 0 saturated heterocycles. The molecule has 3 aromatic carbocycles. The Morgan fingerprint density at radius 3 is 2.85 bits per heavy atom. The number of carbonyl (C=O) groups is 1. The van der Waals surface area contributed by atoms with E-state index in [0.29, 0.717) is 30.9 Å². The van der Waals surface area contributed by atoms with Crippen LogP contribution in [-0.2, 0) is 22.4 Å². The lowest BCUT2D eigenvalue weighted by Crippen LogP contribution is -2.21. The number of hydrogen-bond acceptors (Lipinski definition) is 5. The number of fused-ring (bicyclic) bond motifs is 2. The van der Waals surface area contributed by atoms with E-state index in [4.69, 9.17) is 14.2 Å². The minimum absolute atomic E-state index is 0.0473. The number of ether oxygens (including phenoxy) is 3. The molecular weight excluding hydrogens is 523 g/mol. The molecular formula is C30H24F3N3O4. The number of nitrogens with zero attached hydrogens (tertiary/aromatic N) is 1. The zero-order chi connectivity index (χ0) is 27.8. The van der Waals surface area contributed by atoms with Gasteiger partial charge in [0.15, 0.2) is 17.4 Å². The fourth-order valence-electron chi connectivity index (χ4n) is 4.95. The summed E-state index contributed by atoms with van der Waals surface area (Å²) in [6.45, 7) is 2.41. The molecule has 0 fully saturated rings. The summed E-state index contributed by atoms with van der Waals surface area (Å²) in [5.74, 6) is -2.34. The molecule has 2 aromatic heterocycles. The minimum Gasteiger partial charge on any atom is -0.492 e. The van der Waals surface area contributed by atoms with Crippen molar-refractivity contribution in [3.8, 4) is 28.6 Å². The number of halogens is 3. The summed E-state index contributed by atoms with van der Waals surface area (Å²) in [5.41, 5.74) is 2.83. The molecule has 5 aromatic rings. The highest BCUT2D eigenvalue weighted by atomic mass is 19.1. The number of aromatic nitrogens is 3. The van der Waals surface area contributed by atoms with Gasteiger partial charge in [0.2, 0.25) is 0 Å². The maximum absolute atomic E-state index is 14.9. The number of rotatable bonds is 7. The molecule has 1 aliphatic heterocycles. The molecule has 1 aliphatic rings. The molecule has 0 bridgehead atoms. The molecule has 0 saturated carbocycles. The molecule has 204 valence electrons. The normalized spacial score (nSPS) is 14.6. The second-order valence-corrected chi connectivity index (χ2v) is 9.47. The number of aromatic amines is 2. The number of esters is 1. The standard InChI is InChI=1S/C30H24F3N3O4/c1-2-38-26(37)11-17-5-3-4-16-10-18(15-39-28(16)17)25-14-35-30(36-25)21-12-19(6-7-22(21)31)40-29-23(32)13-24-20(27(29)33)8-9-34-24/h3-9,12-14,18,34H,2,10-11,15H2,1H3,(H,35,36). The molecule has 10 heteroatoms. The highest BCUT2D eigenvalue weighted by Crippen LogP contribution is 2.37. The monoisotopic (exact) mass is 547 g/mol. The van der Waals surface area contributed by atoms with Gasteiger partial charge in [-0.05, 0) is 43.2 Å². The van der Waals surface area contributed by atoms with Crippen LogP contribution in [0.5, 0.6) is 17.2 Å². The van der Waals surface area contributed by atoms with Crippen molar-refractivity contribution >= 4 is 16.9 Å². The highest BCUT2D eigenvalue weighted by Gasteiger charge is 2.26. The van der Waals surface area contributed by atoms with E-state index in [-0.39, 0.29) is 40.8 Å². The first-order chi connectivity index (χ1) is 19.4. The number of H-pyrrole nitrogens is 2. The molecule has 0 amide bonds. The summed E-state index contributed by atoms with van der Waals surface area (Å²) >= 11 is 0. The molecule has 6 rings (SSSR count). The Morgan fingerprint density at radius 1 is 1.12 bits per heavy atom. The van der Waals surface area contributed by atoms with E-state index in [9.17, 15) is 18.0 Å². The third-order valence-electron chi connectivity index (χ3n) is 6.86. The van der Waals surface area contributed by atoms with Gasteiger partial charge in [0, 0.05) is 41.0 Å². The lowest BCUT2D eigenvalue weighted by molar-refractivity contribution is -0.142. The van der Waals surface area contributed by atoms with E-state index < -0.39 is 23.2 Å². The molecule has 1 atom stereocenters. The van der Waals surface area contributed by atoms with Crippen LogP contribution in [0.15, 0.2) is 60.9 Å². The predicted octanol–water partition coefficient (Wildman–Crippen LogP) is 6.59. The van der Waals surface area contributed by atoms with Crippen molar-refractivity contribution in [1.82, 2.24) is 15.0 Å². The summed E-state index contributed by atoms with van der Waals surface area (Å²) in [5, 5.41) is 0.179. The topological polar surface area (TPSA) is 89.2 Å². The van der Waals surface area contributed by atoms with Crippen molar-refractivity contribution in [2.75, 3.05) is 13.2 Å². The summed E-state index contributed by atoms with van der Waals surface area (Å²) < 4.78 is 60.9. The zero-order valence-corrected chi connectivity index (χ0v) is 21.4. The summed E-state index contributed by atoms with van der Waals surface area (Å²) in [6.07, 6.45) is 3.86. The van der Waals surface area contributed by atoms with Crippen LogP contribution in [0.4, 0.5) is 13.2 Å². The maximum atomic E-state index is 14.9. The van der Waals surface area contributed by atoms with Crippen LogP contribution in [0.25, 0.3) is 22.3 Å². The minimum atomic E-state index is -0.887. The zero-order valence-electron chi connectivity index (χ0n) is 21.4. The van der Waals surface area contributed by atoms with Crippen LogP contribution in [0.3, 0.4) is 0 Å². The summed E-state index contributed by atoms with van der Waals surface area (Å²) in [7, 11) is 0. The lowest BCUT2D eigenvalue weighted by Gasteiger charge is -2.26. The van der Waals surface area contributed by atoms with Gasteiger partial charge < -0.3 is 24.2 Å². The fourth-order valence-corrected chi connectivity index (χ4v) is 4.95. The van der Waals surface area contributed by atoms with E-state index in [2.05, 4.69) is 15.0 Å². The molecule has 0 spiro atoms. The van der Waals surface area contributed by atoms with E-state index in [1.54, 1.807) is 13.1 Å². The van der Waals surface area contributed by atoms with Crippen LogP contribution in [0, 0.1) is 17.5 Å². The Labute approximate surface area is 226 Å². The van der Waals surface area contributed by atoms with Crippen molar-refractivity contribution in [1.29, 1.82) is 0 Å². The quantitative estimate of drug-likeness (QED) is 0.224. The van der Waals surface area contributed by atoms with Crippen LogP contribution >= 0.6 is 0 Å². The highest BCUT2D eigenvalue weighted by molar-refractivity contribution is 5.82. The van der Waals surface area contributed by atoms with Gasteiger partial charge in [0.05, 0.1) is 30.7 Å². The first-order valence-corrected chi connectivity index (χ1v) is 12.8. The van der Waals surface area contributed by atoms with Crippen molar-refractivity contribution < 1.29 is 32.2 Å². The maximum Gasteiger partial charge on any atom is 0.310 e. The van der Waals surface area contributed by atoms with Gasteiger partial charge in [-0.3, -0.25) is 4.79 Å². The van der Waals surface area contributed by atoms with Gasteiger partial charge in [-0.25, -0.2) is 18.2 Å². The van der Waals surface area contributed by atoms with Crippen molar-refractivity contribution in [3.63, 3.8) is 0 Å². The Balaban J connectivity index is 1.23. The van der Waals surface area contributed by atoms with Crippen molar-refractivity contribution in [2.45, 2.75) is 25.7 Å². The Kier molecular flexibility index (Phi) is 6.67. The number of nitrogens with one attached hydrogen (secondary N) is 2. The molecule has 40 heavy (non-hydrogen) atoms. The Bertz CT molecular complexity index is 1730. The molecule has 0 radical (unpaired) electrons. The van der Waals surface area contributed by atoms with Gasteiger partial charge >= 0.3 is 5.97 Å². The first-order valence-electron chi connectivity index (χ1n) is 12.8. The number of para-hydroxylation sites is 1. The molecule has 0 aliphatic carbocycles. The predicted molar refractivity (Wildman–Crippen MR) is 141 cm³/mol. The number of hydrogen-bond donors (Lipinski definition) is 2. The van der Waals surface area contributed by atoms with Gasteiger partial charge in [0.25, 0.3) is 0 Å². The van der Waals surface area contributed by atoms with Crippen LogP contribution in [0.1, 0.15) is 29.7 Å². The van der Waals surface area contributed by atoms with Crippen LogP contribution in [-0.4, -0.2) is 34.1 Å². The van der Waals surface area contributed by atoms with E-state index >= 15 is 0 Å². The second kappa shape index (κ2) is 10.4. The number of imidazole rings is 1. The Hall–Kier alpha value is -4.73. The van der Waals surface area contributed by atoms with Crippen LogP contribution in [0.2, 0.25) is 0 Å². The van der Waals surface area contributed by atoms with E-state index in [1.807, 2.05) is 18.2 Å².